The van der Waals surface area contributed by atoms with Crippen LogP contribution in [0.2, 0.25) is 0 Å². The fourth-order valence-electron chi connectivity index (χ4n) is 3.77. The second kappa shape index (κ2) is 14.2. The second-order valence-corrected chi connectivity index (χ2v) is 9.60. The maximum atomic E-state index is 14.0. The number of rotatable bonds is 12. The predicted molar refractivity (Wildman–Crippen MR) is 139 cm³/mol. The van der Waals surface area contributed by atoms with Gasteiger partial charge in [-0.05, 0) is 38.3 Å². The van der Waals surface area contributed by atoms with E-state index in [2.05, 4.69) is 10.6 Å². The number of carbonyl (C=O) groups excluding carboxylic acids is 3. The minimum absolute atomic E-state index is 0.0825. The van der Waals surface area contributed by atoms with Crippen LogP contribution in [0, 0.1) is 0 Å². The normalized spacial score (nSPS) is 12.8. The van der Waals surface area contributed by atoms with Crippen LogP contribution in [-0.4, -0.2) is 59.3 Å². The molecule has 2 aromatic rings. The van der Waals surface area contributed by atoms with Gasteiger partial charge in [-0.2, -0.15) is 0 Å². The molecule has 0 aliphatic carbocycles. The lowest BCUT2D eigenvalue weighted by Crippen LogP contribution is -2.54. The molecule has 0 aliphatic rings. The Bertz CT molecular complexity index is 960. The van der Waals surface area contributed by atoms with E-state index in [1.54, 1.807) is 45.0 Å². The van der Waals surface area contributed by atoms with E-state index in [4.69, 9.17) is 4.74 Å². The second-order valence-electron chi connectivity index (χ2n) is 9.60. The molecule has 2 rings (SSSR count). The third-order valence-corrected chi connectivity index (χ3v) is 5.40. The van der Waals surface area contributed by atoms with Crippen molar-refractivity contribution in [2.24, 2.45) is 0 Å². The Balaban J connectivity index is 2.43. The van der Waals surface area contributed by atoms with Gasteiger partial charge < -0.3 is 25.4 Å². The highest BCUT2D eigenvalue weighted by atomic mass is 16.6. The largest absolute Gasteiger partial charge is 0.444 e. The number of aliphatic hydroxyl groups excluding tert-OH is 1. The molecule has 2 atom stereocenters. The molecule has 2 unspecified atom stereocenters. The molecule has 0 bridgehead atoms. The number of unbranched alkanes of at least 4 members (excludes halogenated alkanes) is 1. The lowest BCUT2D eigenvalue weighted by atomic mass is 10.0. The highest BCUT2D eigenvalue weighted by Crippen LogP contribution is 2.23. The summed E-state index contributed by atoms with van der Waals surface area (Å²) < 4.78 is 5.40. The third kappa shape index (κ3) is 9.34. The quantitative estimate of drug-likeness (QED) is 0.389. The molecule has 0 aliphatic heterocycles. The summed E-state index contributed by atoms with van der Waals surface area (Å²) in [6.45, 7) is 7.30. The highest BCUT2D eigenvalue weighted by Gasteiger charge is 2.36. The zero-order chi connectivity index (χ0) is 26.6. The maximum absolute atomic E-state index is 14.0. The molecule has 3 amide bonds. The molecular formula is C28H39N3O5. The van der Waals surface area contributed by atoms with Crippen molar-refractivity contribution >= 4 is 17.9 Å². The summed E-state index contributed by atoms with van der Waals surface area (Å²) in [4.78, 5) is 41.3. The zero-order valence-electron chi connectivity index (χ0n) is 21.7. The first-order valence-corrected chi connectivity index (χ1v) is 12.4. The van der Waals surface area contributed by atoms with Crippen LogP contribution in [0.5, 0.6) is 0 Å². The minimum Gasteiger partial charge on any atom is -0.444 e. The van der Waals surface area contributed by atoms with Crippen LogP contribution < -0.4 is 10.6 Å². The van der Waals surface area contributed by atoms with Crippen molar-refractivity contribution in [2.75, 3.05) is 19.7 Å². The fourth-order valence-corrected chi connectivity index (χ4v) is 3.77. The number of ether oxygens (including phenoxy) is 1. The van der Waals surface area contributed by atoms with E-state index >= 15 is 0 Å². The fraction of sp³-hybridized carbons (Fsp3) is 0.464. The summed E-state index contributed by atoms with van der Waals surface area (Å²) in [7, 11) is 0. The van der Waals surface area contributed by atoms with E-state index < -0.39 is 29.7 Å². The molecule has 8 nitrogen and oxygen atoms in total. The number of nitrogens with zero attached hydrogens (tertiary/aromatic N) is 1. The molecule has 8 heteroatoms. The Morgan fingerprint density at radius 3 is 2.17 bits per heavy atom. The van der Waals surface area contributed by atoms with Gasteiger partial charge in [0.2, 0.25) is 11.8 Å². The number of benzene rings is 2. The van der Waals surface area contributed by atoms with Gasteiger partial charge in [0.15, 0.2) is 0 Å². The minimum atomic E-state index is -1.01. The number of aliphatic hydroxyl groups is 1. The van der Waals surface area contributed by atoms with Gasteiger partial charge in [-0.25, -0.2) is 4.79 Å². The predicted octanol–water partition coefficient (Wildman–Crippen LogP) is 3.60. The van der Waals surface area contributed by atoms with Gasteiger partial charge in [0.1, 0.15) is 17.7 Å². The first kappa shape index (κ1) is 28.8. The Morgan fingerprint density at radius 1 is 1.00 bits per heavy atom. The summed E-state index contributed by atoms with van der Waals surface area (Å²) in [6, 6.07) is 16.3. The van der Waals surface area contributed by atoms with Crippen LogP contribution in [-0.2, 0) is 20.7 Å². The van der Waals surface area contributed by atoms with E-state index in [0.29, 0.717) is 12.1 Å². The molecule has 0 saturated carbocycles. The Morgan fingerprint density at radius 2 is 1.61 bits per heavy atom. The van der Waals surface area contributed by atoms with Gasteiger partial charge in [-0.3, -0.25) is 9.59 Å². The monoisotopic (exact) mass is 497 g/mol. The molecule has 0 aromatic heterocycles. The van der Waals surface area contributed by atoms with Crippen LogP contribution in [0.1, 0.15) is 57.7 Å². The molecule has 2 aromatic carbocycles. The van der Waals surface area contributed by atoms with Crippen LogP contribution in [0.3, 0.4) is 0 Å². The Hall–Kier alpha value is -3.39. The molecule has 196 valence electrons. The number of hydrogen-bond acceptors (Lipinski definition) is 5. The Kier molecular flexibility index (Phi) is 11.4. The molecule has 36 heavy (non-hydrogen) atoms. The van der Waals surface area contributed by atoms with Crippen molar-refractivity contribution in [1.29, 1.82) is 0 Å². The molecule has 0 heterocycles. The average Bonchev–Trinajstić information content (AvgIpc) is 2.83. The van der Waals surface area contributed by atoms with Crippen LogP contribution in [0.15, 0.2) is 60.7 Å². The van der Waals surface area contributed by atoms with Crippen molar-refractivity contribution in [2.45, 2.75) is 64.6 Å². The third-order valence-electron chi connectivity index (χ3n) is 5.40. The van der Waals surface area contributed by atoms with Gasteiger partial charge in [-0.1, -0.05) is 74.0 Å². The first-order chi connectivity index (χ1) is 17.2. The van der Waals surface area contributed by atoms with E-state index in [-0.39, 0.29) is 25.5 Å². The van der Waals surface area contributed by atoms with Gasteiger partial charge in [0, 0.05) is 19.5 Å². The summed E-state index contributed by atoms with van der Waals surface area (Å²) in [5.74, 6) is -0.828. The summed E-state index contributed by atoms with van der Waals surface area (Å²) in [5, 5.41) is 15.4. The number of carbonyl (C=O) groups is 3. The number of hydrogen-bond donors (Lipinski definition) is 3. The van der Waals surface area contributed by atoms with E-state index in [1.807, 2.05) is 43.3 Å². The van der Waals surface area contributed by atoms with Gasteiger partial charge >= 0.3 is 6.09 Å². The maximum Gasteiger partial charge on any atom is 0.408 e. The zero-order valence-corrected chi connectivity index (χ0v) is 21.7. The van der Waals surface area contributed by atoms with Crippen molar-refractivity contribution in [3.8, 4) is 0 Å². The number of amides is 3. The van der Waals surface area contributed by atoms with Crippen molar-refractivity contribution in [3.63, 3.8) is 0 Å². The summed E-state index contributed by atoms with van der Waals surface area (Å²) >= 11 is 0. The molecule has 0 spiro atoms. The molecule has 3 N–H and O–H groups in total. The topological polar surface area (TPSA) is 108 Å². The van der Waals surface area contributed by atoms with E-state index in [0.717, 1.165) is 18.4 Å². The summed E-state index contributed by atoms with van der Waals surface area (Å²) in [6.07, 6.45) is 1.18. The van der Waals surface area contributed by atoms with Gasteiger partial charge in [-0.15, -0.1) is 0 Å². The van der Waals surface area contributed by atoms with Crippen LogP contribution >= 0.6 is 0 Å². The van der Waals surface area contributed by atoms with Gasteiger partial charge in [0.25, 0.3) is 0 Å². The first-order valence-electron chi connectivity index (χ1n) is 12.4. The van der Waals surface area contributed by atoms with Crippen LogP contribution in [0.25, 0.3) is 0 Å². The van der Waals surface area contributed by atoms with Crippen molar-refractivity contribution in [3.05, 3.63) is 71.8 Å². The van der Waals surface area contributed by atoms with Crippen LogP contribution in [0.4, 0.5) is 4.79 Å². The standard InChI is InChI=1S/C28H39N3O5/c1-5-6-17-29-25(33)24(22-15-11-8-12-16-22)31(18-19-32)26(34)23(20-21-13-9-7-10-14-21)30-27(35)36-28(2,3)4/h7-16,23-24,32H,5-6,17-20H2,1-4H3,(H,29,33)(H,30,35). The average molecular weight is 498 g/mol. The smallest absolute Gasteiger partial charge is 0.408 e. The van der Waals surface area contributed by atoms with E-state index in [1.165, 1.54) is 4.90 Å². The number of alkyl carbamates (subject to hydrolysis) is 1. The van der Waals surface area contributed by atoms with Gasteiger partial charge in [0.05, 0.1) is 6.61 Å². The summed E-state index contributed by atoms with van der Waals surface area (Å²) in [5.41, 5.74) is 0.699. The molecule has 0 fully saturated rings. The highest BCUT2D eigenvalue weighted by molar-refractivity contribution is 5.92. The lowest BCUT2D eigenvalue weighted by molar-refractivity contribution is -0.143. The molecule has 0 radical (unpaired) electrons. The SMILES string of the molecule is CCCCNC(=O)C(c1ccccc1)N(CCO)C(=O)C(Cc1ccccc1)NC(=O)OC(C)(C)C. The molecule has 0 saturated heterocycles. The molecular weight excluding hydrogens is 458 g/mol. The lowest BCUT2D eigenvalue weighted by Gasteiger charge is -2.34. The van der Waals surface area contributed by atoms with Crippen molar-refractivity contribution < 1.29 is 24.2 Å². The Labute approximate surface area is 214 Å². The number of nitrogens with one attached hydrogen (secondary N) is 2. The van der Waals surface area contributed by atoms with E-state index in [9.17, 15) is 19.5 Å². The van der Waals surface area contributed by atoms with Crippen molar-refractivity contribution in [1.82, 2.24) is 15.5 Å².